The quantitative estimate of drug-likeness (QED) is 0.609. The molecule has 100 valence electrons. The first-order valence-electron chi connectivity index (χ1n) is 5.95. The molecule has 18 heavy (non-hydrogen) atoms. The van der Waals surface area contributed by atoms with Crippen molar-refractivity contribution in [3.8, 4) is 0 Å². The van der Waals surface area contributed by atoms with Gasteiger partial charge in [0.25, 0.3) is 0 Å². The van der Waals surface area contributed by atoms with Gasteiger partial charge in [-0.1, -0.05) is 13.3 Å². The molecule has 0 aromatic carbocycles. The van der Waals surface area contributed by atoms with Gasteiger partial charge < -0.3 is 20.9 Å². The molecule has 0 amide bonds. The molecule has 6 nitrogen and oxygen atoms in total. The summed E-state index contributed by atoms with van der Waals surface area (Å²) in [6.45, 7) is 4.02. The number of aromatic carboxylic acids is 1. The fourth-order valence-electron chi connectivity index (χ4n) is 1.34. The number of aromatic nitrogens is 1. The van der Waals surface area contributed by atoms with Gasteiger partial charge in [-0.15, -0.1) is 0 Å². The van der Waals surface area contributed by atoms with Crippen LogP contribution < -0.4 is 11.1 Å². The lowest BCUT2D eigenvalue weighted by Gasteiger charge is -2.09. The smallest absolute Gasteiger partial charge is 0.337 e. The number of nitrogens with two attached hydrogens (primary N) is 1. The number of rotatable bonds is 8. The highest BCUT2D eigenvalue weighted by Gasteiger charge is 2.07. The molecule has 0 radical (unpaired) electrons. The average molecular weight is 253 g/mol. The van der Waals surface area contributed by atoms with Crippen LogP contribution in [0.5, 0.6) is 0 Å². The fraction of sp³-hybridized carbons (Fsp3) is 0.500. The molecule has 0 saturated heterocycles. The van der Waals surface area contributed by atoms with Gasteiger partial charge in [0.15, 0.2) is 0 Å². The zero-order valence-electron chi connectivity index (χ0n) is 10.5. The van der Waals surface area contributed by atoms with Gasteiger partial charge in [0.2, 0.25) is 0 Å². The summed E-state index contributed by atoms with van der Waals surface area (Å²) in [5, 5.41) is 11.8. The molecular weight excluding hydrogens is 234 g/mol. The summed E-state index contributed by atoms with van der Waals surface area (Å²) < 4.78 is 5.37. The SMILES string of the molecule is CCCCOCCNc1ncc(C(=O)O)cc1N. The molecular formula is C12H19N3O3. The van der Waals surface area contributed by atoms with Crippen molar-refractivity contribution in [2.45, 2.75) is 19.8 Å². The second kappa shape index (κ2) is 7.50. The number of nitrogen functional groups attached to an aromatic ring is 1. The van der Waals surface area contributed by atoms with E-state index in [0.717, 1.165) is 19.4 Å². The molecule has 0 aliphatic heterocycles. The van der Waals surface area contributed by atoms with Crippen LogP contribution in [0.1, 0.15) is 30.1 Å². The zero-order valence-corrected chi connectivity index (χ0v) is 10.5. The first kappa shape index (κ1) is 14.2. The van der Waals surface area contributed by atoms with E-state index in [4.69, 9.17) is 15.6 Å². The van der Waals surface area contributed by atoms with Gasteiger partial charge in [-0.05, 0) is 12.5 Å². The van der Waals surface area contributed by atoms with Crippen LogP contribution in [0.25, 0.3) is 0 Å². The first-order chi connectivity index (χ1) is 8.65. The molecule has 1 rings (SSSR count). The molecule has 0 fully saturated rings. The van der Waals surface area contributed by atoms with Crippen molar-refractivity contribution in [3.05, 3.63) is 17.8 Å². The lowest BCUT2D eigenvalue weighted by Crippen LogP contribution is -2.13. The van der Waals surface area contributed by atoms with E-state index in [2.05, 4.69) is 17.2 Å². The number of carboxylic acids is 1. The highest BCUT2D eigenvalue weighted by molar-refractivity contribution is 5.89. The fourth-order valence-corrected chi connectivity index (χ4v) is 1.34. The molecule has 0 bridgehead atoms. The van der Waals surface area contributed by atoms with Crippen LogP contribution in [-0.4, -0.2) is 35.8 Å². The molecule has 0 saturated carbocycles. The lowest BCUT2D eigenvalue weighted by molar-refractivity contribution is 0.0696. The predicted molar refractivity (Wildman–Crippen MR) is 69.8 cm³/mol. The molecule has 1 aromatic heterocycles. The number of nitrogens with one attached hydrogen (secondary N) is 1. The van der Waals surface area contributed by atoms with Gasteiger partial charge in [0.1, 0.15) is 5.82 Å². The van der Waals surface area contributed by atoms with Crippen molar-refractivity contribution in [1.82, 2.24) is 4.98 Å². The van der Waals surface area contributed by atoms with Gasteiger partial charge >= 0.3 is 5.97 Å². The molecule has 4 N–H and O–H groups in total. The Morgan fingerprint density at radius 3 is 2.94 bits per heavy atom. The molecule has 0 atom stereocenters. The minimum Gasteiger partial charge on any atom is -0.478 e. The van der Waals surface area contributed by atoms with Gasteiger partial charge in [-0.25, -0.2) is 9.78 Å². The minimum absolute atomic E-state index is 0.0808. The number of hydrogen-bond donors (Lipinski definition) is 3. The van der Waals surface area contributed by atoms with E-state index < -0.39 is 5.97 Å². The number of carboxylic acid groups (broad SMARTS) is 1. The number of carbonyl (C=O) groups is 1. The third kappa shape index (κ3) is 4.58. The Morgan fingerprint density at radius 1 is 1.56 bits per heavy atom. The summed E-state index contributed by atoms with van der Waals surface area (Å²) in [7, 11) is 0. The van der Waals surface area contributed by atoms with Gasteiger partial charge in [0.05, 0.1) is 17.9 Å². The number of anilines is 2. The maximum Gasteiger partial charge on any atom is 0.337 e. The highest BCUT2D eigenvalue weighted by Crippen LogP contribution is 2.15. The number of hydrogen-bond acceptors (Lipinski definition) is 5. The van der Waals surface area contributed by atoms with E-state index in [1.807, 2.05) is 0 Å². The van der Waals surface area contributed by atoms with E-state index in [1.165, 1.54) is 12.3 Å². The monoisotopic (exact) mass is 253 g/mol. The third-order valence-electron chi connectivity index (χ3n) is 2.35. The largest absolute Gasteiger partial charge is 0.478 e. The van der Waals surface area contributed by atoms with Crippen molar-refractivity contribution in [3.63, 3.8) is 0 Å². The highest BCUT2D eigenvalue weighted by atomic mass is 16.5. The summed E-state index contributed by atoms with van der Waals surface area (Å²) in [5.41, 5.74) is 6.10. The van der Waals surface area contributed by atoms with Gasteiger partial charge in [-0.2, -0.15) is 0 Å². The van der Waals surface area contributed by atoms with E-state index >= 15 is 0 Å². The molecule has 1 aromatic rings. The average Bonchev–Trinajstić information content (AvgIpc) is 2.35. The van der Waals surface area contributed by atoms with E-state index in [1.54, 1.807) is 0 Å². The predicted octanol–water partition coefficient (Wildman–Crippen LogP) is 1.59. The second-order valence-corrected chi connectivity index (χ2v) is 3.86. The topological polar surface area (TPSA) is 97.5 Å². The number of ether oxygens (including phenoxy) is 1. The van der Waals surface area contributed by atoms with Crippen LogP contribution in [0.2, 0.25) is 0 Å². The van der Waals surface area contributed by atoms with E-state index in [-0.39, 0.29) is 5.56 Å². The number of unbranched alkanes of at least 4 members (excludes halogenated alkanes) is 1. The molecule has 0 unspecified atom stereocenters. The Morgan fingerprint density at radius 2 is 2.33 bits per heavy atom. The Hall–Kier alpha value is -1.82. The minimum atomic E-state index is -1.04. The summed E-state index contributed by atoms with van der Waals surface area (Å²) in [5.74, 6) is -0.553. The van der Waals surface area contributed by atoms with Crippen LogP contribution in [0.15, 0.2) is 12.3 Å². The van der Waals surface area contributed by atoms with Crippen molar-refractivity contribution < 1.29 is 14.6 Å². The van der Waals surface area contributed by atoms with Crippen LogP contribution in [0.3, 0.4) is 0 Å². The number of nitrogens with zero attached hydrogens (tertiary/aromatic N) is 1. The van der Waals surface area contributed by atoms with E-state index in [9.17, 15) is 4.79 Å². The summed E-state index contributed by atoms with van der Waals surface area (Å²) in [6, 6.07) is 1.38. The van der Waals surface area contributed by atoms with E-state index in [0.29, 0.717) is 24.7 Å². The summed E-state index contributed by atoms with van der Waals surface area (Å²) >= 11 is 0. The Balaban J connectivity index is 2.36. The third-order valence-corrected chi connectivity index (χ3v) is 2.35. The Bertz CT molecular complexity index is 396. The van der Waals surface area contributed by atoms with Crippen molar-refractivity contribution in [2.24, 2.45) is 0 Å². The lowest BCUT2D eigenvalue weighted by atomic mass is 10.2. The van der Waals surface area contributed by atoms with Crippen LogP contribution in [-0.2, 0) is 4.74 Å². The van der Waals surface area contributed by atoms with Crippen molar-refractivity contribution in [1.29, 1.82) is 0 Å². The maximum atomic E-state index is 10.7. The molecule has 1 heterocycles. The van der Waals surface area contributed by atoms with Gasteiger partial charge in [0, 0.05) is 19.3 Å². The van der Waals surface area contributed by atoms with Crippen molar-refractivity contribution in [2.75, 3.05) is 30.8 Å². The number of pyridine rings is 1. The summed E-state index contributed by atoms with van der Waals surface area (Å²) in [6.07, 6.45) is 3.44. The standard InChI is InChI=1S/C12H19N3O3/c1-2-3-5-18-6-4-14-11-10(13)7-9(8-15-11)12(16)17/h7-8H,2-6,13H2,1H3,(H,14,15)(H,16,17). The van der Waals surface area contributed by atoms with Crippen LogP contribution in [0, 0.1) is 0 Å². The van der Waals surface area contributed by atoms with Gasteiger partial charge in [-0.3, -0.25) is 0 Å². The molecule has 0 aliphatic rings. The molecule has 6 heteroatoms. The first-order valence-corrected chi connectivity index (χ1v) is 5.95. The summed E-state index contributed by atoms with van der Waals surface area (Å²) in [4.78, 5) is 14.7. The zero-order chi connectivity index (χ0) is 13.4. The molecule has 0 spiro atoms. The normalized spacial score (nSPS) is 10.3. The Kier molecular flexibility index (Phi) is 5.93. The second-order valence-electron chi connectivity index (χ2n) is 3.86. The molecule has 0 aliphatic carbocycles. The van der Waals surface area contributed by atoms with Crippen molar-refractivity contribution >= 4 is 17.5 Å². The van der Waals surface area contributed by atoms with Crippen LogP contribution >= 0.6 is 0 Å². The Labute approximate surface area is 106 Å². The van der Waals surface area contributed by atoms with Crippen LogP contribution in [0.4, 0.5) is 11.5 Å². The maximum absolute atomic E-state index is 10.7.